The van der Waals surface area contributed by atoms with E-state index in [9.17, 15) is 5.11 Å². The molecule has 4 heteroatoms. The van der Waals surface area contributed by atoms with Crippen LogP contribution >= 0.6 is 15.9 Å². The summed E-state index contributed by atoms with van der Waals surface area (Å²) in [5, 5.41) is 12.8. The summed E-state index contributed by atoms with van der Waals surface area (Å²) >= 11 is 3.32. The Labute approximate surface area is 127 Å². The van der Waals surface area contributed by atoms with Crippen molar-refractivity contribution < 1.29 is 9.84 Å². The molecule has 3 nitrogen and oxygen atoms in total. The van der Waals surface area contributed by atoms with Gasteiger partial charge in [-0.05, 0) is 44.8 Å². The maximum Gasteiger partial charge on any atom is 0.129 e. The predicted molar refractivity (Wildman–Crippen MR) is 83.5 cm³/mol. The Morgan fingerprint density at radius 2 is 1.75 bits per heavy atom. The molecule has 0 saturated heterocycles. The molecular weight excluding hydrogens is 318 g/mol. The van der Waals surface area contributed by atoms with Crippen molar-refractivity contribution in [2.24, 2.45) is 0 Å². The van der Waals surface area contributed by atoms with Gasteiger partial charge >= 0.3 is 0 Å². The molecule has 20 heavy (non-hydrogen) atoms. The Morgan fingerprint density at radius 1 is 1.05 bits per heavy atom. The summed E-state index contributed by atoms with van der Waals surface area (Å²) in [5.74, 6) is 0.265. The Morgan fingerprint density at radius 3 is 2.45 bits per heavy atom. The van der Waals surface area contributed by atoms with Crippen molar-refractivity contribution in [2.45, 2.75) is 19.7 Å². The summed E-state index contributed by atoms with van der Waals surface area (Å²) < 4.78 is 5.85. The average molecular weight is 336 g/mol. The number of nitrogens with one attached hydrogen (secondary N) is 1. The zero-order chi connectivity index (χ0) is 14.4. The quantitative estimate of drug-likeness (QED) is 0.847. The monoisotopic (exact) mass is 335 g/mol. The second-order valence-corrected chi connectivity index (χ2v) is 5.50. The van der Waals surface area contributed by atoms with Crippen LogP contribution in [0.5, 0.6) is 5.75 Å². The molecule has 2 aromatic rings. The lowest BCUT2D eigenvalue weighted by molar-refractivity contribution is 0.185. The topological polar surface area (TPSA) is 41.5 Å². The van der Waals surface area contributed by atoms with Crippen LogP contribution < -0.4 is 5.32 Å². The van der Waals surface area contributed by atoms with Gasteiger partial charge in [0.05, 0.1) is 11.1 Å². The van der Waals surface area contributed by atoms with Crippen LogP contribution in [0.4, 0.5) is 0 Å². The fourth-order valence-corrected chi connectivity index (χ4v) is 2.43. The molecule has 0 unspecified atom stereocenters. The number of phenols is 1. The molecule has 0 spiro atoms. The first kappa shape index (κ1) is 15.0. The smallest absolute Gasteiger partial charge is 0.129 e. The first-order valence-electron chi connectivity index (χ1n) is 6.44. The van der Waals surface area contributed by atoms with Gasteiger partial charge in [-0.3, -0.25) is 0 Å². The molecule has 0 aliphatic heterocycles. The van der Waals surface area contributed by atoms with Crippen LogP contribution in [-0.2, 0) is 24.4 Å². The minimum atomic E-state index is 0.265. The van der Waals surface area contributed by atoms with Gasteiger partial charge < -0.3 is 15.2 Å². The van der Waals surface area contributed by atoms with E-state index in [4.69, 9.17) is 4.74 Å². The molecule has 2 N–H and O–H groups in total. The van der Waals surface area contributed by atoms with Gasteiger partial charge in [0, 0.05) is 20.2 Å². The Hall–Kier alpha value is -1.36. The molecule has 0 bridgehead atoms. The number of aromatic hydroxyl groups is 1. The molecule has 0 radical (unpaired) electrons. The van der Waals surface area contributed by atoms with Crippen molar-refractivity contribution in [3.8, 4) is 5.75 Å². The van der Waals surface area contributed by atoms with Crippen molar-refractivity contribution in [3.05, 3.63) is 63.6 Å². The van der Waals surface area contributed by atoms with E-state index in [-0.39, 0.29) is 5.75 Å². The molecule has 0 aromatic heterocycles. The van der Waals surface area contributed by atoms with E-state index in [1.54, 1.807) is 13.2 Å². The van der Waals surface area contributed by atoms with Crippen LogP contribution in [0.1, 0.15) is 16.7 Å². The Balaban J connectivity index is 1.89. The molecule has 2 aromatic carbocycles. The van der Waals surface area contributed by atoms with E-state index in [1.165, 1.54) is 11.1 Å². The van der Waals surface area contributed by atoms with Crippen LogP contribution in [0.25, 0.3) is 0 Å². The van der Waals surface area contributed by atoms with Crippen molar-refractivity contribution in [1.82, 2.24) is 5.32 Å². The lowest BCUT2D eigenvalue weighted by Gasteiger charge is -2.08. The average Bonchev–Trinajstić information content (AvgIpc) is 2.44. The highest BCUT2D eigenvalue weighted by Gasteiger charge is 2.00. The maximum atomic E-state index is 9.45. The van der Waals surface area contributed by atoms with E-state index in [1.807, 2.05) is 18.2 Å². The van der Waals surface area contributed by atoms with E-state index in [0.29, 0.717) is 6.61 Å². The lowest BCUT2D eigenvalue weighted by Crippen LogP contribution is -2.12. The van der Waals surface area contributed by atoms with Gasteiger partial charge in [-0.15, -0.1) is 0 Å². The van der Waals surface area contributed by atoms with E-state index >= 15 is 0 Å². The number of ether oxygens (including phenoxy) is 1. The predicted octanol–water partition coefficient (Wildman–Crippen LogP) is 3.59. The summed E-state index contributed by atoms with van der Waals surface area (Å²) in [4.78, 5) is 0. The molecule has 106 valence electrons. The highest BCUT2D eigenvalue weighted by molar-refractivity contribution is 9.10. The van der Waals surface area contributed by atoms with Crippen LogP contribution in [0.3, 0.4) is 0 Å². The van der Waals surface area contributed by atoms with Crippen LogP contribution in [-0.4, -0.2) is 12.2 Å². The first-order valence-corrected chi connectivity index (χ1v) is 7.23. The fourth-order valence-electron chi connectivity index (χ4n) is 2.01. The van der Waals surface area contributed by atoms with Crippen LogP contribution in [0.2, 0.25) is 0 Å². The van der Waals surface area contributed by atoms with Gasteiger partial charge in [-0.1, -0.05) is 30.3 Å². The molecule has 0 heterocycles. The summed E-state index contributed by atoms with van der Waals surface area (Å²) in [6.45, 7) is 2.20. The van der Waals surface area contributed by atoms with Crippen LogP contribution in [0, 0.1) is 0 Å². The Kier molecular flexibility index (Phi) is 5.59. The van der Waals surface area contributed by atoms with E-state index in [0.717, 1.165) is 23.1 Å². The number of benzene rings is 2. The maximum absolute atomic E-state index is 9.45. The molecule has 0 fully saturated rings. The van der Waals surface area contributed by atoms with Gasteiger partial charge in [0.2, 0.25) is 0 Å². The normalized spacial score (nSPS) is 10.7. The zero-order valence-electron chi connectivity index (χ0n) is 11.4. The van der Waals surface area contributed by atoms with Crippen molar-refractivity contribution in [3.63, 3.8) is 0 Å². The van der Waals surface area contributed by atoms with Gasteiger partial charge in [0.15, 0.2) is 0 Å². The molecular formula is C16H18BrNO2. The third-order valence-electron chi connectivity index (χ3n) is 2.97. The lowest BCUT2D eigenvalue weighted by atomic mass is 10.1. The summed E-state index contributed by atoms with van der Waals surface area (Å²) in [5.41, 5.74) is 3.54. The fraction of sp³-hybridized carbons (Fsp3) is 0.250. The van der Waals surface area contributed by atoms with Gasteiger partial charge in [-0.2, -0.15) is 0 Å². The molecule has 0 aliphatic carbocycles. The van der Waals surface area contributed by atoms with E-state index < -0.39 is 0 Å². The third kappa shape index (κ3) is 4.34. The van der Waals surface area contributed by atoms with Gasteiger partial charge in [-0.25, -0.2) is 0 Å². The number of halogens is 1. The highest BCUT2D eigenvalue weighted by Crippen LogP contribution is 2.24. The number of rotatable bonds is 6. The number of methoxy groups -OCH3 is 1. The largest absolute Gasteiger partial charge is 0.507 e. The second kappa shape index (κ2) is 7.43. The van der Waals surface area contributed by atoms with Crippen molar-refractivity contribution in [2.75, 3.05) is 7.11 Å². The Bertz CT molecular complexity index is 572. The molecule has 0 amide bonds. The molecule has 0 saturated carbocycles. The zero-order valence-corrected chi connectivity index (χ0v) is 13.0. The third-order valence-corrected chi connectivity index (χ3v) is 3.61. The first-order chi connectivity index (χ1) is 9.69. The summed E-state index contributed by atoms with van der Waals surface area (Å²) in [6.07, 6.45) is 0. The van der Waals surface area contributed by atoms with Gasteiger partial charge in [0.25, 0.3) is 0 Å². The minimum absolute atomic E-state index is 0.265. The standard InChI is InChI=1S/C16H18BrNO2/c1-20-11-14-4-2-3-12(7-14)9-18-10-13-5-6-16(19)15(17)8-13/h2-8,18-19H,9-11H2,1H3. The number of hydrogen-bond acceptors (Lipinski definition) is 3. The van der Waals surface area contributed by atoms with Gasteiger partial charge in [0.1, 0.15) is 5.75 Å². The molecule has 0 aliphatic rings. The molecule has 0 atom stereocenters. The van der Waals surface area contributed by atoms with Crippen LogP contribution in [0.15, 0.2) is 46.9 Å². The highest BCUT2D eigenvalue weighted by atomic mass is 79.9. The number of phenolic OH excluding ortho intramolecular Hbond substituents is 1. The van der Waals surface area contributed by atoms with Crippen molar-refractivity contribution >= 4 is 15.9 Å². The van der Waals surface area contributed by atoms with E-state index in [2.05, 4.69) is 39.4 Å². The minimum Gasteiger partial charge on any atom is -0.507 e. The second-order valence-electron chi connectivity index (χ2n) is 4.64. The van der Waals surface area contributed by atoms with Crippen molar-refractivity contribution in [1.29, 1.82) is 0 Å². The summed E-state index contributed by atoms with van der Waals surface area (Å²) in [7, 11) is 1.70. The SMILES string of the molecule is COCc1cccc(CNCc2ccc(O)c(Br)c2)c1. The number of hydrogen-bond donors (Lipinski definition) is 2. The summed E-state index contributed by atoms with van der Waals surface area (Å²) in [6, 6.07) is 13.9. The molecule has 2 rings (SSSR count).